The van der Waals surface area contributed by atoms with Gasteiger partial charge in [-0.15, -0.1) is 11.3 Å². The minimum Gasteiger partial charge on any atom is -0.388 e. The Hall–Kier alpha value is -0.710. The zero-order valence-corrected chi connectivity index (χ0v) is 12.2. The summed E-state index contributed by atoms with van der Waals surface area (Å²) in [7, 11) is 0. The topological polar surface area (TPSA) is 33.1 Å². The molecule has 2 rings (SSSR count). The Morgan fingerprint density at radius 3 is 2.76 bits per heavy atom. The minimum atomic E-state index is -0.504. The monoisotopic (exact) mass is 311 g/mol. The average molecular weight is 312 g/mol. The predicted octanol–water partition coefficient (Wildman–Crippen LogP) is 3.80. The van der Waals surface area contributed by atoms with E-state index in [9.17, 15) is 5.11 Å². The number of aromatic nitrogens is 1. The fourth-order valence-corrected chi connectivity index (χ4v) is 3.24. The van der Waals surface area contributed by atoms with Crippen LogP contribution in [-0.2, 0) is 6.42 Å². The van der Waals surface area contributed by atoms with Crippen LogP contribution in [0.2, 0.25) is 0 Å². The van der Waals surface area contributed by atoms with Gasteiger partial charge < -0.3 is 5.11 Å². The van der Waals surface area contributed by atoms with E-state index in [4.69, 9.17) is 0 Å². The lowest BCUT2D eigenvalue weighted by molar-refractivity contribution is 0.177. The van der Waals surface area contributed by atoms with Gasteiger partial charge in [-0.3, -0.25) is 0 Å². The molecule has 0 aliphatic rings. The molecule has 0 aliphatic heterocycles. The van der Waals surface area contributed by atoms with Gasteiger partial charge in [-0.25, -0.2) is 4.98 Å². The van der Waals surface area contributed by atoms with Crippen LogP contribution in [0.25, 0.3) is 0 Å². The fraction of sp³-hybridized carbons (Fsp3) is 0.308. The van der Waals surface area contributed by atoms with Crippen LogP contribution < -0.4 is 0 Å². The van der Waals surface area contributed by atoms with Crippen LogP contribution in [0.1, 0.15) is 27.9 Å². The molecule has 17 heavy (non-hydrogen) atoms. The van der Waals surface area contributed by atoms with Crippen molar-refractivity contribution in [2.75, 3.05) is 0 Å². The van der Waals surface area contributed by atoms with Gasteiger partial charge in [0, 0.05) is 22.0 Å². The zero-order chi connectivity index (χ0) is 12.4. The molecule has 0 fully saturated rings. The van der Waals surface area contributed by atoms with Crippen LogP contribution in [0, 0.1) is 13.8 Å². The molecule has 4 heteroatoms. The normalized spacial score (nSPS) is 12.7. The summed E-state index contributed by atoms with van der Waals surface area (Å²) >= 11 is 5.08. The van der Waals surface area contributed by atoms with Crippen LogP contribution in [0.15, 0.2) is 28.1 Å². The van der Waals surface area contributed by atoms with Crippen molar-refractivity contribution < 1.29 is 5.11 Å². The van der Waals surface area contributed by atoms with Gasteiger partial charge in [0.1, 0.15) is 0 Å². The van der Waals surface area contributed by atoms with Crippen LogP contribution in [0.3, 0.4) is 0 Å². The Kier molecular flexibility index (Phi) is 3.97. The first kappa shape index (κ1) is 12.7. The van der Waals surface area contributed by atoms with Gasteiger partial charge >= 0.3 is 0 Å². The summed E-state index contributed by atoms with van der Waals surface area (Å²) in [6.07, 6.45) is 0.0655. The quantitative estimate of drug-likeness (QED) is 0.935. The van der Waals surface area contributed by atoms with E-state index in [0.717, 1.165) is 20.7 Å². The molecular weight excluding hydrogens is 298 g/mol. The number of hydrogen-bond donors (Lipinski definition) is 1. The van der Waals surface area contributed by atoms with Gasteiger partial charge in [-0.1, -0.05) is 28.1 Å². The van der Waals surface area contributed by atoms with E-state index >= 15 is 0 Å². The predicted molar refractivity (Wildman–Crippen MR) is 74.4 cm³/mol. The van der Waals surface area contributed by atoms with E-state index in [1.807, 2.05) is 37.4 Å². The van der Waals surface area contributed by atoms with E-state index in [1.54, 1.807) is 11.3 Å². The summed E-state index contributed by atoms with van der Waals surface area (Å²) in [4.78, 5) is 4.37. The third-order valence-electron chi connectivity index (χ3n) is 2.55. The summed E-state index contributed by atoms with van der Waals surface area (Å²) in [6, 6.07) is 5.99. The summed E-state index contributed by atoms with van der Waals surface area (Å²) in [5.41, 5.74) is 3.11. The second-order valence-corrected chi connectivity index (χ2v) is 5.92. The lowest BCUT2D eigenvalue weighted by Gasteiger charge is -2.11. The molecule has 1 unspecified atom stereocenters. The number of aliphatic hydroxyl groups excluding tert-OH is 1. The Morgan fingerprint density at radius 2 is 2.18 bits per heavy atom. The van der Waals surface area contributed by atoms with E-state index < -0.39 is 6.10 Å². The number of rotatable bonds is 3. The number of hydrogen-bond acceptors (Lipinski definition) is 3. The van der Waals surface area contributed by atoms with Crippen molar-refractivity contribution in [3.05, 3.63) is 49.9 Å². The summed E-state index contributed by atoms with van der Waals surface area (Å²) in [5.74, 6) is 0. The first-order chi connectivity index (χ1) is 8.06. The van der Waals surface area contributed by atoms with Crippen LogP contribution >= 0.6 is 27.3 Å². The summed E-state index contributed by atoms with van der Waals surface area (Å²) in [5, 5.41) is 13.2. The molecule has 2 aromatic rings. The molecule has 1 aromatic carbocycles. The SMILES string of the molecule is Cc1ccc(C(O)Cc2nc(C)cs2)c(Br)c1. The van der Waals surface area contributed by atoms with E-state index in [-0.39, 0.29) is 0 Å². The molecule has 0 radical (unpaired) electrons. The molecule has 90 valence electrons. The fourth-order valence-electron chi connectivity index (χ4n) is 1.67. The lowest BCUT2D eigenvalue weighted by Crippen LogP contribution is -2.02. The highest BCUT2D eigenvalue weighted by Crippen LogP contribution is 2.27. The third-order valence-corrected chi connectivity index (χ3v) is 4.23. The molecule has 1 N–H and O–H groups in total. The van der Waals surface area contributed by atoms with Crippen LogP contribution in [0.4, 0.5) is 0 Å². The number of benzene rings is 1. The molecular formula is C13H14BrNOS. The summed E-state index contributed by atoms with van der Waals surface area (Å²) in [6.45, 7) is 4.00. The maximum Gasteiger partial charge on any atom is 0.0957 e. The first-order valence-electron chi connectivity index (χ1n) is 5.41. The van der Waals surface area contributed by atoms with Crippen molar-refractivity contribution in [3.8, 4) is 0 Å². The second-order valence-electron chi connectivity index (χ2n) is 4.13. The molecule has 0 bridgehead atoms. The number of nitrogens with zero attached hydrogens (tertiary/aromatic N) is 1. The molecule has 1 atom stereocenters. The second kappa shape index (κ2) is 5.29. The highest BCUT2D eigenvalue weighted by atomic mass is 79.9. The number of halogens is 1. The molecule has 0 saturated carbocycles. The lowest BCUT2D eigenvalue weighted by atomic mass is 10.1. The first-order valence-corrected chi connectivity index (χ1v) is 7.08. The smallest absolute Gasteiger partial charge is 0.0957 e. The van der Waals surface area contributed by atoms with E-state index in [2.05, 4.69) is 20.9 Å². The molecule has 0 saturated heterocycles. The van der Waals surface area contributed by atoms with Gasteiger partial charge in [-0.2, -0.15) is 0 Å². The highest BCUT2D eigenvalue weighted by Gasteiger charge is 2.13. The van der Waals surface area contributed by atoms with Gasteiger partial charge in [0.05, 0.1) is 11.1 Å². The van der Waals surface area contributed by atoms with Gasteiger partial charge in [0.2, 0.25) is 0 Å². The number of thiazole rings is 1. The average Bonchev–Trinajstić information content (AvgIpc) is 2.63. The van der Waals surface area contributed by atoms with Gasteiger partial charge in [-0.05, 0) is 31.0 Å². The summed E-state index contributed by atoms with van der Waals surface area (Å²) < 4.78 is 0.957. The van der Waals surface area contributed by atoms with Crippen molar-refractivity contribution in [3.63, 3.8) is 0 Å². The molecule has 1 aromatic heterocycles. The maximum absolute atomic E-state index is 10.2. The molecule has 0 amide bonds. The van der Waals surface area contributed by atoms with Crippen molar-refractivity contribution in [1.29, 1.82) is 0 Å². The number of aryl methyl sites for hydroxylation is 2. The number of aliphatic hydroxyl groups is 1. The van der Waals surface area contributed by atoms with E-state index in [0.29, 0.717) is 6.42 Å². The third kappa shape index (κ3) is 3.15. The maximum atomic E-state index is 10.2. The Labute approximate surface area is 113 Å². The van der Waals surface area contributed by atoms with Crippen LogP contribution in [0.5, 0.6) is 0 Å². The molecule has 1 heterocycles. The van der Waals surface area contributed by atoms with Crippen molar-refractivity contribution in [1.82, 2.24) is 4.98 Å². The Bertz CT molecular complexity index is 524. The molecule has 0 aliphatic carbocycles. The van der Waals surface area contributed by atoms with Crippen molar-refractivity contribution >= 4 is 27.3 Å². The highest BCUT2D eigenvalue weighted by molar-refractivity contribution is 9.10. The van der Waals surface area contributed by atoms with Gasteiger partial charge in [0.15, 0.2) is 0 Å². The van der Waals surface area contributed by atoms with Gasteiger partial charge in [0.25, 0.3) is 0 Å². The molecule has 0 spiro atoms. The van der Waals surface area contributed by atoms with E-state index in [1.165, 1.54) is 5.56 Å². The van der Waals surface area contributed by atoms with Crippen molar-refractivity contribution in [2.24, 2.45) is 0 Å². The Balaban J connectivity index is 2.17. The Morgan fingerprint density at radius 1 is 1.41 bits per heavy atom. The zero-order valence-electron chi connectivity index (χ0n) is 9.77. The van der Waals surface area contributed by atoms with Crippen LogP contribution in [-0.4, -0.2) is 10.1 Å². The minimum absolute atomic E-state index is 0.504. The van der Waals surface area contributed by atoms with Crippen molar-refractivity contribution in [2.45, 2.75) is 26.4 Å². The molecule has 2 nitrogen and oxygen atoms in total. The standard InChI is InChI=1S/C13H14BrNOS/c1-8-3-4-10(11(14)5-8)12(16)6-13-15-9(2)7-17-13/h3-5,7,12,16H,6H2,1-2H3. The largest absolute Gasteiger partial charge is 0.388 e.